The van der Waals surface area contributed by atoms with Crippen LogP contribution in [0.15, 0.2) is 29.3 Å². The van der Waals surface area contributed by atoms with E-state index >= 15 is 0 Å². The van der Waals surface area contributed by atoms with Gasteiger partial charge in [-0.2, -0.15) is 5.26 Å². The minimum atomic E-state index is -0.136. The topological polar surface area (TPSA) is 51.4 Å². The van der Waals surface area contributed by atoms with Crippen LogP contribution >= 0.6 is 11.8 Å². The van der Waals surface area contributed by atoms with Gasteiger partial charge in [-0.15, -0.1) is 11.8 Å². The normalized spacial score (nSPS) is 28.9. The second-order valence-corrected chi connectivity index (χ2v) is 7.88. The molecule has 124 valence electrons. The number of nitriles is 1. The molecule has 0 aromatic heterocycles. The van der Waals surface area contributed by atoms with Gasteiger partial charge < -0.3 is 0 Å². The first kappa shape index (κ1) is 15.7. The lowest BCUT2D eigenvalue weighted by atomic mass is 9.98. The third kappa shape index (κ3) is 2.54. The number of fused-ring (bicyclic) bond motifs is 1. The van der Waals surface area contributed by atoms with Crippen molar-refractivity contribution in [1.29, 1.82) is 5.26 Å². The summed E-state index contributed by atoms with van der Waals surface area (Å²) in [6, 6.07) is 9.05. The quantitative estimate of drug-likeness (QED) is 0.917. The number of hydrogen-bond donors (Lipinski definition) is 1. The van der Waals surface area contributed by atoms with Crippen LogP contribution in [0.4, 0.5) is 0 Å². The molecular formula is C19H22N4S. The Morgan fingerprint density at radius 1 is 1.33 bits per heavy atom. The van der Waals surface area contributed by atoms with Gasteiger partial charge >= 0.3 is 0 Å². The molecule has 1 aliphatic carbocycles. The molecule has 0 bridgehead atoms. The number of hydrogen-bond acceptors (Lipinski definition) is 5. The number of benzene rings is 1. The summed E-state index contributed by atoms with van der Waals surface area (Å²) in [5.74, 6) is 0.448. The summed E-state index contributed by atoms with van der Waals surface area (Å²) < 4.78 is 0. The van der Waals surface area contributed by atoms with E-state index < -0.39 is 0 Å². The third-order valence-corrected chi connectivity index (χ3v) is 5.97. The SMILES string of the molecule is CSC1NN2C(c3ccc(C)cc3C)=CC(C3CC3)=NC2C1C#N. The standard InChI is InChI=1S/C19H22N4S/c1-11-4-7-14(12(2)8-11)17-9-16(13-5-6-13)21-18-15(10-20)19(24-3)22-23(17)18/h4,7-9,13,15,18-19,22H,5-6H2,1-3H3. The van der Waals surface area contributed by atoms with Crippen molar-refractivity contribution < 1.29 is 0 Å². The zero-order valence-electron chi connectivity index (χ0n) is 14.3. The van der Waals surface area contributed by atoms with Crippen molar-refractivity contribution in [3.63, 3.8) is 0 Å². The fourth-order valence-corrected chi connectivity index (χ4v) is 4.32. The van der Waals surface area contributed by atoms with Crippen LogP contribution < -0.4 is 5.43 Å². The highest BCUT2D eigenvalue weighted by Crippen LogP contribution is 2.41. The summed E-state index contributed by atoms with van der Waals surface area (Å²) in [6.45, 7) is 4.28. The van der Waals surface area contributed by atoms with E-state index in [2.05, 4.69) is 54.6 Å². The molecule has 4 nitrogen and oxygen atoms in total. The molecule has 1 saturated carbocycles. The van der Waals surface area contributed by atoms with E-state index in [1.165, 1.54) is 35.2 Å². The summed E-state index contributed by atoms with van der Waals surface area (Å²) >= 11 is 1.69. The van der Waals surface area contributed by atoms with Gasteiger partial charge in [-0.1, -0.05) is 23.8 Å². The van der Waals surface area contributed by atoms with Gasteiger partial charge in [0.15, 0.2) is 6.17 Å². The Kier molecular flexibility index (Phi) is 3.90. The van der Waals surface area contributed by atoms with Gasteiger partial charge in [-0.25, -0.2) is 5.43 Å². The van der Waals surface area contributed by atoms with Gasteiger partial charge in [0.05, 0.1) is 17.1 Å². The van der Waals surface area contributed by atoms with E-state index in [-0.39, 0.29) is 17.5 Å². The van der Waals surface area contributed by atoms with Gasteiger partial charge in [0.25, 0.3) is 0 Å². The molecule has 1 saturated heterocycles. The minimum absolute atomic E-state index is 0.0801. The second kappa shape index (κ2) is 5.94. The number of hydrazine groups is 1. The van der Waals surface area contributed by atoms with Crippen LogP contribution in [0.25, 0.3) is 5.70 Å². The first-order valence-corrected chi connectivity index (χ1v) is 9.76. The van der Waals surface area contributed by atoms with Crippen molar-refractivity contribution in [1.82, 2.24) is 10.4 Å². The van der Waals surface area contributed by atoms with Crippen LogP contribution in [0.2, 0.25) is 0 Å². The summed E-state index contributed by atoms with van der Waals surface area (Å²) in [5, 5.41) is 11.9. The average Bonchev–Trinajstić information content (AvgIpc) is 3.35. The van der Waals surface area contributed by atoms with Crippen molar-refractivity contribution >= 4 is 23.2 Å². The molecule has 2 heterocycles. The molecule has 4 rings (SSSR count). The third-order valence-electron chi connectivity index (χ3n) is 5.06. The number of aliphatic imine (C=N–C) groups is 1. The number of nitrogens with one attached hydrogen (secondary N) is 1. The van der Waals surface area contributed by atoms with Crippen LogP contribution in [-0.2, 0) is 0 Å². The van der Waals surface area contributed by atoms with Gasteiger partial charge in [0.2, 0.25) is 0 Å². The van der Waals surface area contributed by atoms with Gasteiger partial charge in [-0.3, -0.25) is 10.0 Å². The van der Waals surface area contributed by atoms with Crippen LogP contribution in [0.5, 0.6) is 0 Å². The number of aryl methyl sites for hydroxylation is 2. The highest BCUT2D eigenvalue weighted by atomic mass is 32.2. The average molecular weight is 338 g/mol. The second-order valence-electron chi connectivity index (χ2n) is 6.90. The van der Waals surface area contributed by atoms with Crippen molar-refractivity contribution in [3.05, 3.63) is 41.0 Å². The first-order valence-electron chi connectivity index (χ1n) is 8.47. The highest BCUT2D eigenvalue weighted by molar-refractivity contribution is 7.99. The molecule has 1 aromatic carbocycles. The number of thioether (sulfide) groups is 1. The monoisotopic (exact) mass is 338 g/mol. The minimum Gasteiger partial charge on any atom is -0.281 e. The zero-order chi connectivity index (χ0) is 16.8. The molecule has 24 heavy (non-hydrogen) atoms. The molecule has 3 aliphatic rings. The number of nitrogens with zero attached hydrogens (tertiary/aromatic N) is 3. The molecule has 3 atom stereocenters. The smallest absolute Gasteiger partial charge is 0.153 e. The Morgan fingerprint density at radius 2 is 2.12 bits per heavy atom. The van der Waals surface area contributed by atoms with Gasteiger partial charge in [-0.05, 0) is 44.6 Å². The van der Waals surface area contributed by atoms with E-state index in [1.807, 2.05) is 6.26 Å². The van der Waals surface area contributed by atoms with E-state index in [9.17, 15) is 5.26 Å². The highest BCUT2D eigenvalue weighted by Gasteiger charge is 2.46. The molecule has 1 aromatic rings. The first-order chi connectivity index (χ1) is 11.6. The van der Waals surface area contributed by atoms with E-state index in [0.717, 1.165) is 5.70 Å². The Balaban J connectivity index is 1.80. The van der Waals surface area contributed by atoms with E-state index in [1.54, 1.807) is 11.8 Å². The number of rotatable bonds is 3. The molecule has 0 spiro atoms. The largest absolute Gasteiger partial charge is 0.281 e. The molecule has 5 heteroatoms. The van der Waals surface area contributed by atoms with Crippen molar-refractivity contribution in [3.8, 4) is 6.07 Å². The lowest BCUT2D eigenvalue weighted by molar-refractivity contribution is 0.285. The fourth-order valence-electron chi connectivity index (χ4n) is 3.60. The Bertz CT molecular complexity index is 772. The molecule has 2 fully saturated rings. The molecule has 0 amide bonds. The number of allylic oxidation sites excluding steroid dienone is 1. The predicted molar refractivity (Wildman–Crippen MR) is 99.2 cm³/mol. The molecule has 3 unspecified atom stereocenters. The van der Waals surface area contributed by atoms with Crippen LogP contribution in [0.3, 0.4) is 0 Å². The fraction of sp³-hybridized carbons (Fsp3) is 0.474. The summed E-state index contributed by atoms with van der Waals surface area (Å²) in [7, 11) is 0. The van der Waals surface area contributed by atoms with Crippen LogP contribution in [0, 0.1) is 37.0 Å². The Labute approximate surface area is 147 Å². The van der Waals surface area contributed by atoms with Gasteiger partial charge in [0.1, 0.15) is 5.92 Å². The molecule has 0 radical (unpaired) electrons. The van der Waals surface area contributed by atoms with Crippen LogP contribution in [-0.4, -0.2) is 28.5 Å². The zero-order valence-corrected chi connectivity index (χ0v) is 15.1. The molecule has 2 aliphatic heterocycles. The summed E-state index contributed by atoms with van der Waals surface area (Å²) in [6.07, 6.45) is 6.60. The maximum atomic E-state index is 9.68. The Hall–Kier alpha value is -1.77. The van der Waals surface area contributed by atoms with Crippen molar-refractivity contribution in [2.45, 2.75) is 38.2 Å². The maximum absolute atomic E-state index is 9.68. The predicted octanol–water partition coefficient (Wildman–Crippen LogP) is 3.48. The summed E-state index contributed by atoms with van der Waals surface area (Å²) in [5.41, 5.74) is 9.61. The van der Waals surface area contributed by atoms with E-state index in [0.29, 0.717) is 5.92 Å². The summed E-state index contributed by atoms with van der Waals surface area (Å²) in [4.78, 5) is 4.95. The Morgan fingerprint density at radius 3 is 2.75 bits per heavy atom. The van der Waals surface area contributed by atoms with Crippen molar-refractivity contribution in [2.24, 2.45) is 16.8 Å². The lowest BCUT2D eigenvalue weighted by Gasteiger charge is -2.32. The van der Waals surface area contributed by atoms with Crippen molar-refractivity contribution in [2.75, 3.05) is 6.26 Å². The molecule has 1 N–H and O–H groups in total. The van der Waals surface area contributed by atoms with Crippen LogP contribution in [0.1, 0.15) is 29.5 Å². The molecular weight excluding hydrogens is 316 g/mol. The van der Waals surface area contributed by atoms with E-state index in [4.69, 9.17) is 4.99 Å². The van der Waals surface area contributed by atoms with Gasteiger partial charge in [0, 0.05) is 17.2 Å². The lowest BCUT2D eigenvalue weighted by Crippen LogP contribution is -2.40. The maximum Gasteiger partial charge on any atom is 0.153 e.